The third-order valence-electron chi connectivity index (χ3n) is 3.94. The number of quaternary nitrogens is 1. The summed E-state index contributed by atoms with van der Waals surface area (Å²) >= 11 is 12.1. The van der Waals surface area contributed by atoms with Crippen molar-refractivity contribution in [2.75, 3.05) is 19.7 Å². The summed E-state index contributed by atoms with van der Waals surface area (Å²) in [5.41, 5.74) is 1.41. The highest BCUT2D eigenvalue weighted by Crippen LogP contribution is 2.37. The Hall–Kier alpha value is -0.280. The van der Waals surface area contributed by atoms with E-state index >= 15 is 0 Å². The second kappa shape index (κ2) is 6.25. The molecule has 100 valence electrons. The van der Waals surface area contributed by atoms with Gasteiger partial charge in [0.1, 0.15) is 0 Å². The quantitative estimate of drug-likeness (QED) is 0.877. The van der Waals surface area contributed by atoms with Crippen molar-refractivity contribution in [3.05, 3.63) is 33.8 Å². The molecular weight excluding hydrogens is 269 g/mol. The molecule has 0 saturated carbocycles. The van der Waals surface area contributed by atoms with Crippen molar-refractivity contribution in [2.24, 2.45) is 0 Å². The molecule has 0 aromatic heterocycles. The Morgan fingerprint density at radius 1 is 1.28 bits per heavy atom. The van der Waals surface area contributed by atoms with Gasteiger partial charge in [0.15, 0.2) is 0 Å². The number of halogens is 2. The molecule has 1 aromatic rings. The van der Waals surface area contributed by atoms with Gasteiger partial charge in [-0.1, -0.05) is 29.3 Å². The van der Waals surface area contributed by atoms with Crippen LogP contribution in [-0.2, 0) is 5.41 Å². The van der Waals surface area contributed by atoms with Crippen molar-refractivity contribution in [1.82, 2.24) is 0 Å². The molecule has 18 heavy (non-hydrogen) atoms. The monoisotopic (exact) mass is 288 g/mol. The number of hydrogen-bond donors (Lipinski definition) is 2. The largest absolute Gasteiger partial charge is 0.396 e. The van der Waals surface area contributed by atoms with Gasteiger partial charge in [-0.2, -0.15) is 0 Å². The van der Waals surface area contributed by atoms with Gasteiger partial charge in [0.25, 0.3) is 0 Å². The topological polar surface area (TPSA) is 36.8 Å². The maximum Gasteiger partial charge on any atom is 0.0853 e. The van der Waals surface area contributed by atoms with Gasteiger partial charge in [-0.15, -0.1) is 0 Å². The fourth-order valence-corrected chi connectivity index (χ4v) is 3.24. The van der Waals surface area contributed by atoms with Crippen LogP contribution in [0.15, 0.2) is 18.2 Å². The van der Waals surface area contributed by atoms with Crippen molar-refractivity contribution in [1.29, 1.82) is 0 Å². The lowest BCUT2D eigenvalue weighted by molar-refractivity contribution is -0.671. The minimum absolute atomic E-state index is 0.148. The maximum absolute atomic E-state index is 9.10. The zero-order valence-electron chi connectivity index (χ0n) is 10.5. The second-order valence-corrected chi connectivity index (χ2v) is 5.94. The number of rotatable bonds is 4. The smallest absolute Gasteiger partial charge is 0.0853 e. The van der Waals surface area contributed by atoms with E-state index in [2.05, 4.69) is 11.4 Å². The summed E-state index contributed by atoms with van der Waals surface area (Å²) in [5, 5.41) is 12.7. The summed E-state index contributed by atoms with van der Waals surface area (Å²) in [5.74, 6) is 0. The van der Waals surface area contributed by atoms with Gasteiger partial charge < -0.3 is 10.4 Å². The van der Waals surface area contributed by atoms with Crippen LogP contribution in [0.3, 0.4) is 0 Å². The molecule has 1 saturated heterocycles. The van der Waals surface area contributed by atoms with Crippen molar-refractivity contribution >= 4 is 23.2 Å². The Bertz CT molecular complexity index is 403. The van der Waals surface area contributed by atoms with Gasteiger partial charge >= 0.3 is 0 Å². The number of nitrogens with two attached hydrogens (primary N) is 1. The molecule has 0 spiro atoms. The molecular formula is C14H20Cl2NO+. The van der Waals surface area contributed by atoms with Crippen LogP contribution in [0, 0.1) is 0 Å². The molecule has 0 radical (unpaired) electrons. The predicted molar refractivity (Wildman–Crippen MR) is 75.4 cm³/mol. The average Bonchev–Trinajstić information content (AvgIpc) is 2.40. The fourth-order valence-electron chi connectivity index (χ4n) is 2.94. The van der Waals surface area contributed by atoms with Crippen LogP contribution in [0.2, 0.25) is 10.0 Å². The number of piperidine rings is 1. The van der Waals surface area contributed by atoms with E-state index in [-0.39, 0.29) is 12.0 Å². The summed E-state index contributed by atoms with van der Waals surface area (Å²) in [6, 6.07) is 5.97. The van der Waals surface area contributed by atoms with Gasteiger partial charge in [0, 0.05) is 12.0 Å². The van der Waals surface area contributed by atoms with E-state index in [1.54, 1.807) is 0 Å². The second-order valence-electron chi connectivity index (χ2n) is 5.12. The third kappa shape index (κ3) is 3.00. The Kier molecular flexibility index (Phi) is 4.91. The van der Waals surface area contributed by atoms with Crippen molar-refractivity contribution in [2.45, 2.75) is 31.1 Å². The first kappa shape index (κ1) is 14.1. The SMILES string of the molecule is OCCC[C@@]1(c2ccc(Cl)c(Cl)c2)CCC[NH2+]C1. The summed E-state index contributed by atoms with van der Waals surface area (Å²) < 4.78 is 0. The minimum atomic E-state index is 0.148. The third-order valence-corrected chi connectivity index (χ3v) is 4.68. The van der Waals surface area contributed by atoms with Crippen molar-refractivity contribution in [3.8, 4) is 0 Å². The Morgan fingerprint density at radius 3 is 2.72 bits per heavy atom. The van der Waals surface area contributed by atoms with Crippen LogP contribution in [0.1, 0.15) is 31.2 Å². The molecule has 2 nitrogen and oxygen atoms in total. The molecule has 1 fully saturated rings. The first-order chi connectivity index (χ1) is 8.68. The molecule has 1 aliphatic rings. The lowest BCUT2D eigenvalue weighted by atomic mass is 9.71. The van der Waals surface area contributed by atoms with Crippen LogP contribution >= 0.6 is 23.2 Å². The summed E-state index contributed by atoms with van der Waals surface area (Å²) in [4.78, 5) is 0. The minimum Gasteiger partial charge on any atom is -0.396 e. The molecule has 0 amide bonds. The van der Waals surface area contributed by atoms with Gasteiger partial charge in [-0.3, -0.25) is 0 Å². The number of benzene rings is 1. The standard InChI is InChI=1S/C14H19Cl2NO/c15-12-4-3-11(9-13(12)16)14(6-2-8-18)5-1-7-17-10-14/h3-4,9,17-18H,1-2,5-8,10H2/p+1/t14-/m0/s1. The lowest BCUT2D eigenvalue weighted by Gasteiger charge is -2.36. The molecule has 0 aliphatic carbocycles. The van der Waals surface area contributed by atoms with E-state index in [0.717, 1.165) is 19.4 Å². The average molecular weight is 289 g/mol. The molecule has 4 heteroatoms. The molecule has 0 bridgehead atoms. The molecule has 1 heterocycles. The molecule has 1 aliphatic heterocycles. The Balaban J connectivity index is 2.29. The van der Waals surface area contributed by atoms with E-state index in [1.807, 2.05) is 12.1 Å². The molecule has 0 unspecified atom stereocenters. The van der Waals surface area contributed by atoms with Crippen LogP contribution in [0.4, 0.5) is 0 Å². The van der Waals surface area contributed by atoms with E-state index in [0.29, 0.717) is 10.0 Å². The van der Waals surface area contributed by atoms with Gasteiger partial charge in [0.05, 0.1) is 23.1 Å². The van der Waals surface area contributed by atoms with Gasteiger partial charge in [-0.05, 0) is 43.4 Å². The normalized spacial score (nSPS) is 24.2. The highest BCUT2D eigenvalue weighted by Gasteiger charge is 2.36. The number of hydrogen-bond acceptors (Lipinski definition) is 1. The fraction of sp³-hybridized carbons (Fsp3) is 0.571. The molecule has 3 N–H and O–H groups in total. The van der Waals surface area contributed by atoms with E-state index < -0.39 is 0 Å². The Labute approximate surface area is 118 Å². The van der Waals surface area contributed by atoms with Gasteiger partial charge in [0.2, 0.25) is 0 Å². The van der Waals surface area contributed by atoms with Crippen LogP contribution in [0.25, 0.3) is 0 Å². The molecule has 1 atom stereocenters. The van der Waals surface area contributed by atoms with Crippen molar-refractivity contribution < 1.29 is 10.4 Å². The van der Waals surface area contributed by atoms with Crippen LogP contribution in [0.5, 0.6) is 0 Å². The maximum atomic E-state index is 9.10. The Morgan fingerprint density at radius 2 is 2.11 bits per heavy atom. The summed E-state index contributed by atoms with van der Waals surface area (Å²) in [6.07, 6.45) is 4.24. The zero-order chi connectivity index (χ0) is 13.0. The first-order valence-corrected chi connectivity index (χ1v) is 7.32. The van der Waals surface area contributed by atoms with Crippen LogP contribution in [-0.4, -0.2) is 24.8 Å². The summed E-state index contributed by atoms with van der Waals surface area (Å²) in [7, 11) is 0. The molecule has 1 aromatic carbocycles. The molecule has 2 rings (SSSR count). The zero-order valence-corrected chi connectivity index (χ0v) is 12.0. The predicted octanol–water partition coefficient (Wildman–Crippen LogP) is 2.36. The van der Waals surface area contributed by atoms with Gasteiger partial charge in [-0.25, -0.2) is 0 Å². The van der Waals surface area contributed by atoms with Crippen molar-refractivity contribution in [3.63, 3.8) is 0 Å². The highest BCUT2D eigenvalue weighted by atomic mass is 35.5. The van der Waals surface area contributed by atoms with E-state index in [4.69, 9.17) is 28.3 Å². The lowest BCUT2D eigenvalue weighted by Crippen LogP contribution is -2.89. The van der Waals surface area contributed by atoms with E-state index in [1.165, 1.54) is 24.9 Å². The van der Waals surface area contributed by atoms with E-state index in [9.17, 15) is 0 Å². The number of aliphatic hydroxyl groups excluding tert-OH is 1. The highest BCUT2D eigenvalue weighted by molar-refractivity contribution is 6.42. The van der Waals surface area contributed by atoms with Crippen LogP contribution < -0.4 is 5.32 Å². The summed E-state index contributed by atoms with van der Waals surface area (Å²) in [6.45, 7) is 2.52. The first-order valence-electron chi connectivity index (χ1n) is 6.56. The number of aliphatic hydroxyl groups is 1.